The summed E-state index contributed by atoms with van der Waals surface area (Å²) in [6.45, 7) is 4.59. The van der Waals surface area contributed by atoms with Crippen LogP contribution in [0.15, 0.2) is 28.7 Å². The third-order valence-corrected chi connectivity index (χ3v) is 3.29. The normalized spacial score (nSPS) is 12.9. The Morgan fingerprint density at radius 2 is 2.00 bits per heavy atom. The first-order chi connectivity index (χ1) is 8.25. The number of rotatable bonds is 4. The van der Waals surface area contributed by atoms with Gasteiger partial charge in [-0.2, -0.15) is 0 Å². The fourth-order valence-corrected chi connectivity index (χ4v) is 1.75. The Morgan fingerprint density at radius 1 is 1.39 bits per heavy atom. The van der Waals surface area contributed by atoms with Gasteiger partial charge in [0.1, 0.15) is 5.41 Å². The summed E-state index contributed by atoms with van der Waals surface area (Å²) in [5, 5.41) is 11.7. The molecule has 4 nitrogen and oxygen atoms in total. The third-order valence-electron chi connectivity index (χ3n) is 2.80. The molecule has 0 spiro atoms. The quantitative estimate of drug-likeness (QED) is 0.840. The van der Waals surface area contributed by atoms with Crippen LogP contribution in [0.4, 0.5) is 0 Å². The number of halogens is 1. The maximum atomic E-state index is 11.9. The molecule has 0 aliphatic rings. The molecule has 5 heteroatoms. The van der Waals surface area contributed by atoms with E-state index in [-0.39, 0.29) is 6.04 Å². The van der Waals surface area contributed by atoms with Gasteiger partial charge in [0.25, 0.3) is 0 Å². The van der Waals surface area contributed by atoms with Gasteiger partial charge in [0.05, 0.1) is 6.04 Å². The zero-order valence-corrected chi connectivity index (χ0v) is 12.1. The molecule has 1 unspecified atom stereocenters. The van der Waals surface area contributed by atoms with E-state index >= 15 is 0 Å². The average molecular weight is 314 g/mol. The van der Waals surface area contributed by atoms with Crippen molar-refractivity contribution < 1.29 is 14.7 Å². The maximum absolute atomic E-state index is 11.9. The highest BCUT2D eigenvalue weighted by atomic mass is 79.9. The van der Waals surface area contributed by atoms with Crippen LogP contribution >= 0.6 is 15.9 Å². The van der Waals surface area contributed by atoms with Crippen LogP contribution < -0.4 is 5.32 Å². The highest BCUT2D eigenvalue weighted by Crippen LogP contribution is 2.21. The van der Waals surface area contributed by atoms with Crippen molar-refractivity contribution in [3.63, 3.8) is 0 Å². The van der Waals surface area contributed by atoms with Crippen LogP contribution in [-0.2, 0) is 9.59 Å². The Hall–Kier alpha value is -1.36. The molecule has 2 N–H and O–H groups in total. The summed E-state index contributed by atoms with van der Waals surface area (Å²) in [6.07, 6.45) is 0. The molecule has 18 heavy (non-hydrogen) atoms. The van der Waals surface area contributed by atoms with Gasteiger partial charge >= 0.3 is 5.97 Å². The van der Waals surface area contributed by atoms with E-state index in [1.165, 1.54) is 13.8 Å². The predicted molar refractivity (Wildman–Crippen MR) is 72.1 cm³/mol. The van der Waals surface area contributed by atoms with E-state index < -0.39 is 17.3 Å². The second-order valence-corrected chi connectivity index (χ2v) is 5.60. The van der Waals surface area contributed by atoms with Crippen LogP contribution in [0.1, 0.15) is 32.4 Å². The van der Waals surface area contributed by atoms with E-state index in [4.69, 9.17) is 5.11 Å². The van der Waals surface area contributed by atoms with Crippen molar-refractivity contribution in [2.45, 2.75) is 26.8 Å². The summed E-state index contributed by atoms with van der Waals surface area (Å²) in [7, 11) is 0. The van der Waals surface area contributed by atoms with Crippen LogP contribution in [0.2, 0.25) is 0 Å². The topological polar surface area (TPSA) is 66.4 Å². The van der Waals surface area contributed by atoms with Crippen LogP contribution in [0.5, 0.6) is 0 Å². The van der Waals surface area contributed by atoms with E-state index in [0.717, 1.165) is 10.0 Å². The Labute approximate surface area is 115 Å². The Balaban J connectivity index is 2.80. The van der Waals surface area contributed by atoms with Crippen molar-refractivity contribution in [2.24, 2.45) is 5.41 Å². The first kappa shape index (κ1) is 14.7. The molecule has 0 aromatic heterocycles. The van der Waals surface area contributed by atoms with Gasteiger partial charge in [-0.1, -0.05) is 28.1 Å². The summed E-state index contributed by atoms with van der Waals surface area (Å²) >= 11 is 3.35. The molecular formula is C13H16BrNO3. The fraction of sp³-hybridized carbons (Fsp3) is 0.385. The number of benzene rings is 1. The van der Waals surface area contributed by atoms with Crippen LogP contribution in [0.3, 0.4) is 0 Å². The lowest BCUT2D eigenvalue weighted by Crippen LogP contribution is -2.43. The Kier molecular flexibility index (Phi) is 4.51. The second-order valence-electron chi connectivity index (χ2n) is 4.68. The molecule has 0 bridgehead atoms. The van der Waals surface area contributed by atoms with Crippen molar-refractivity contribution in [3.8, 4) is 0 Å². The Bertz CT molecular complexity index is 471. The van der Waals surface area contributed by atoms with Gasteiger partial charge in [-0.05, 0) is 38.5 Å². The highest BCUT2D eigenvalue weighted by Gasteiger charge is 2.36. The first-order valence-electron chi connectivity index (χ1n) is 5.55. The molecule has 1 aromatic carbocycles. The fourth-order valence-electron chi connectivity index (χ4n) is 1.33. The van der Waals surface area contributed by atoms with E-state index in [1.54, 1.807) is 0 Å². The number of carboxylic acid groups (broad SMARTS) is 1. The second kappa shape index (κ2) is 5.52. The number of nitrogens with one attached hydrogen (secondary N) is 1. The minimum atomic E-state index is -1.43. The van der Waals surface area contributed by atoms with Crippen LogP contribution in [0, 0.1) is 5.41 Å². The van der Waals surface area contributed by atoms with Gasteiger partial charge in [-0.25, -0.2) is 0 Å². The minimum absolute atomic E-state index is 0.242. The van der Waals surface area contributed by atoms with Gasteiger partial charge in [0.2, 0.25) is 5.91 Å². The van der Waals surface area contributed by atoms with Gasteiger partial charge < -0.3 is 10.4 Å². The van der Waals surface area contributed by atoms with Crippen molar-refractivity contribution in [1.29, 1.82) is 0 Å². The molecule has 0 saturated carbocycles. The van der Waals surface area contributed by atoms with E-state index in [1.807, 2.05) is 31.2 Å². The molecule has 1 amide bonds. The van der Waals surface area contributed by atoms with Crippen LogP contribution in [-0.4, -0.2) is 17.0 Å². The average Bonchev–Trinajstić information content (AvgIpc) is 2.28. The lowest BCUT2D eigenvalue weighted by Gasteiger charge is -2.22. The molecule has 1 atom stereocenters. The third kappa shape index (κ3) is 3.32. The summed E-state index contributed by atoms with van der Waals surface area (Å²) in [5.74, 6) is -1.64. The number of hydrogen-bond acceptors (Lipinski definition) is 2. The zero-order chi connectivity index (χ0) is 13.9. The number of carbonyl (C=O) groups excluding carboxylic acids is 1. The molecule has 0 aliphatic carbocycles. The van der Waals surface area contributed by atoms with Gasteiger partial charge in [0.15, 0.2) is 0 Å². The molecule has 0 aliphatic heterocycles. The summed E-state index contributed by atoms with van der Waals surface area (Å²) < 4.78 is 0.915. The van der Waals surface area contributed by atoms with Crippen LogP contribution in [0.25, 0.3) is 0 Å². The number of carbonyl (C=O) groups is 2. The first-order valence-corrected chi connectivity index (χ1v) is 6.34. The van der Waals surface area contributed by atoms with Gasteiger partial charge in [0, 0.05) is 4.47 Å². The van der Waals surface area contributed by atoms with Crippen molar-refractivity contribution in [2.75, 3.05) is 0 Å². The van der Waals surface area contributed by atoms with Crippen molar-refractivity contribution in [1.82, 2.24) is 5.32 Å². The lowest BCUT2D eigenvalue weighted by atomic mass is 9.92. The van der Waals surface area contributed by atoms with Gasteiger partial charge in [-0.3, -0.25) is 9.59 Å². The molecule has 0 fully saturated rings. The Morgan fingerprint density at radius 3 is 2.50 bits per heavy atom. The maximum Gasteiger partial charge on any atom is 0.318 e. The largest absolute Gasteiger partial charge is 0.480 e. The molecule has 98 valence electrons. The van der Waals surface area contributed by atoms with Gasteiger partial charge in [-0.15, -0.1) is 0 Å². The molecule has 0 saturated heterocycles. The summed E-state index contributed by atoms with van der Waals surface area (Å²) in [4.78, 5) is 22.8. The predicted octanol–water partition coefficient (Wildman–Crippen LogP) is 2.74. The standard InChI is InChI=1S/C13H16BrNO3/c1-8(9-5-4-6-10(14)7-9)15-11(16)13(2,3)12(17)18/h4-8H,1-3H3,(H,15,16)(H,17,18). The van der Waals surface area contributed by atoms with Crippen molar-refractivity contribution >= 4 is 27.8 Å². The van der Waals surface area contributed by atoms with E-state index in [0.29, 0.717) is 0 Å². The van der Waals surface area contributed by atoms with E-state index in [2.05, 4.69) is 21.2 Å². The minimum Gasteiger partial charge on any atom is -0.480 e. The smallest absolute Gasteiger partial charge is 0.318 e. The SMILES string of the molecule is CC(NC(=O)C(C)(C)C(=O)O)c1cccc(Br)c1. The van der Waals surface area contributed by atoms with E-state index in [9.17, 15) is 9.59 Å². The molecule has 0 heterocycles. The molecule has 1 rings (SSSR count). The lowest BCUT2D eigenvalue weighted by molar-refractivity contribution is -0.153. The molecule has 1 aromatic rings. The number of amides is 1. The summed E-state index contributed by atoms with van der Waals surface area (Å²) in [6, 6.07) is 7.28. The molecule has 0 radical (unpaired) electrons. The monoisotopic (exact) mass is 313 g/mol. The van der Waals surface area contributed by atoms with Crippen molar-refractivity contribution in [3.05, 3.63) is 34.3 Å². The highest BCUT2D eigenvalue weighted by molar-refractivity contribution is 9.10. The zero-order valence-electron chi connectivity index (χ0n) is 10.5. The molecular weight excluding hydrogens is 298 g/mol. The number of hydrogen-bond donors (Lipinski definition) is 2. The number of carboxylic acids is 1. The number of aliphatic carboxylic acids is 1. The summed E-state index contributed by atoms with van der Waals surface area (Å²) in [5.41, 5.74) is -0.515.